The van der Waals surface area contributed by atoms with Crippen molar-refractivity contribution in [3.05, 3.63) is 72.6 Å². The minimum atomic E-state index is -0.153. The van der Waals surface area contributed by atoms with Crippen LogP contribution in [0.15, 0.2) is 67.0 Å². The molecule has 2 aromatic carbocycles. The number of para-hydroxylation sites is 1. The third-order valence-electron chi connectivity index (χ3n) is 3.99. The Balaban J connectivity index is 1.69. The number of benzene rings is 2. The quantitative estimate of drug-likeness (QED) is 0.683. The van der Waals surface area contributed by atoms with Gasteiger partial charge < -0.3 is 15.5 Å². The highest BCUT2D eigenvalue weighted by atomic mass is 16.2. The van der Waals surface area contributed by atoms with Crippen molar-refractivity contribution in [2.75, 3.05) is 22.1 Å². The Morgan fingerprint density at radius 3 is 2.11 bits per heavy atom. The Labute approximate surface area is 163 Å². The van der Waals surface area contributed by atoms with Crippen LogP contribution in [0.1, 0.15) is 24.2 Å². The number of hydrogen-bond acceptors (Lipinski definition) is 5. The highest BCUT2D eigenvalue weighted by Crippen LogP contribution is 2.18. The fourth-order valence-electron chi connectivity index (χ4n) is 2.68. The molecule has 7 nitrogen and oxygen atoms in total. The first-order valence-electron chi connectivity index (χ1n) is 8.90. The van der Waals surface area contributed by atoms with Crippen LogP contribution in [0.2, 0.25) is 0 Å². The molecule has 3 rings (SSSR count). The SMILES string of the molecule is CCN(C(=O)c1cnc(Nc2ccc(NC(C)=O)cc2)nc1)c1ccccc1. The molecule has 7 heteroatoms. The number of amides is 2. The molecule has 142 valence electrons. The van der Waals surface area contributed by atoms with Gasteiger partial charge in [0.15, 0.2) is 0 Å². The van der Waals surface area contributed by atoms with E-state index in [4.69, 9.17) is 0 Å². The molecule has 0 spiro atoms. The third-order valence-corrected chi connectivity index (χ3v) is 3.99. The summed E-state index contributed by atoms with van der Waals surface area (Å²) >= 11 is 0. The second kappa shape index (κ2) is 8.77. The fraction of sp³-hybridized carbons (Fsp3) is 0.143. The van der Waals surface area contributed by atoms with Crippen molar-refractivity contribution in [3.8, 4) is 0 Å². The molecule has 1 aromatic heterocycles. The lowest BCUT2D eigenvalue weighted by Gasteiger charge is -2.20. The van der Waals surface area contributed by atoms with Gasteiger partial charge in [-0.3, -0.25) is 9.59 Å². The Morgan fingerprint density at radius 1 is 0.929 bits per heavy atom. The average Bonchev–Trinajstić information content (AvgIpc) is 2.71. The molecule has 1 heterocycles. The fourth-order valence-corrected chi connectivity index (χ4v) is 2.68. The van der Waals surface area contributed by atoms with Gasteiger partial charge in [0.2, 0.25) is 11.9 Å². The Kier molecular flexibility index (Phi) is 5.96. The van der Waals surface area contributed by atoms with Gasteiger partial charge in [0, 0.05) is 42.9 Å². The Bertz CT molecular complexity index is 941. The number of nitrogens with zero attached hydrogens (tertiary/aromatic N) is 3. The zero-order valence-electron chi connectivity index (χ0n) is 15.7. The van der Waals surface area contributed by atoms with E-state index in [1.807, 2.05) is 49.4 Å². The maximum atomic E-state index is 12.8. The number of carbonyl (C=O) groups excluding carboxylic acids is 2. The van der Waals surface area contributed by atoms with Crippen molar-refractivity contribution in [1.29, 1.82) is 0 Å². The molecule has 0 aliphatic carbocycles. The third kappa shape index (κ3) is 4.70. The number of anilines is 4. The van der Waals surface area contributed by atoms with Crippen LogP contribution < -0.4 is 15.5 Å². The summed E-state index contributed by atoms with van der Waals surface area (Å²) in [5, 5.41) is 5.77. The van der Waals surface area contributed by atoms with Crippen LogP contribution in [0.4, 0.5) is 23.0 Å². The molecule has 0 aliphatic heterocycles. The van der Waals surface area contributed by atoms with Crippen molar-refractivity contribution in [1.82, 2.24) is 9.97 Å². The van der Waals surface area contributed by atoms with Crippen molar-refractivity contribution in [2.45, 2.75) is 13.8 Å². The summed E-state index contributed by atoms with van der Waals surface area (Å²) in [4.78, 5) is 34.0. The molecular formula is C21H21N5O2. The monoisotopic (exact) mass is 375 g/mol. The van der Waals surface area contributed by atoms with E-state index in [1.165, 1.54) is 19.3 Å². The van der Waals surface area contributed by atoms with Gasteiger partial charge in [-0.1, -0.05) is 18.2 Å². The van der Waals surface area contributed by atoms with Gasteiger partial charge in [-0.2, -0.15) is 0 Å². The first-order valence-corrected chi connectivity index (χ1v) is 8.90. The van der Waals surface area contributed by atoms with E-state index in [-0.39, 0.29) is 11.8 Å². The maximum absolute atomic E-state index is 12.8. The molecule has 0 saturated heterocycles. The van der Waals surface area contributed by atoms with E-state index in [0.717, 1.165) is 11.4 Å². The summed E-state index contributed by atoms with van der Waals surface area (Å²) in [5.41, 5.74) is 2.72. The molecule has 0 fully saturated rings. The molecule has 0 atom stereocenters. The van der Waals surface area contributed by atoms with E-state index in [2.05, 4.69) is 20.6 Å². The van der Waals surface area contributed by atoms with Gasteiger partial charge in [0.05, 0.1) is 5.56 Å². The van der Waals surface area contributed by atoms with Crippen LogP contribution >= 0.6 is 0 Å². The smallest absolute Gasteiger partial charge is 0.261 e. The molecule has 0 unspecified atom stereocenters. The van der Waals surface area contributed by atoms with Crippen LogP contribution in [-0.2, 0) is 4.79 Å². The lowest BCUT2D eigenvalue weighted by molar-refractivity contribution is -0.114. The first-order chi connectivity index (χ1) is 13.6. The average molecular weight is 375 g/mol. The molecule has 0 saturated carbocycles. The number of carbonyl (C=O) groups is 2. The molecule has 3 aromatic rings. The first kappa shape index (κ1) is 19.0. The standard InChI is InChI=1S/C21H21N5O2/c1-3-26(19-7-5-4-6-8-19)20(28)16-13-22-21(23-14-16)25-18-11-9-17(10-12-18)24-15(2)27/h4-14H,3H2,1-2H3,(H,24,27)(H,22,23,25). The normalized spacial score (nSPS) is 10.2. The molecular weight excluding hydrogens is 354 g/mol. The van der Waals surface area contributed by atoms with Crippen LogP contribution in [0, 0.1) is 0 Å². The minimum absolute atomic E-state index is 0.124. The van der Waals surface area contributed by atoms with E-state index in [1.54, 1.807) is 17.0 Å². The molecule has 0 radical (unpaired) electrons. The lowest BCUT2D eigenvalue weighted by atomic mass is 10.2. The summed E-state index contributed by atoms with van der Waals surface area (Å²) in [6.45, 7) is 3.93. The second-order valence-electron chi connectivity index (χ2n) is 6.06. The number of aromatic nitrogens is 2. The Hall–Kier alpha value is -3.74. The predicted molar refractivity (Wildman–Crippen MR) is 110 cm³/mol. The number of hydrogen-bond donors (Lipinski definition) is 2. The summed E-state index contributed by atoms with van der Waals surface area (Å²) in [6, 6.07) is 16.7. The molecule has 0 bridgehead atoms. The van der Waals surface area contributed by atoms with Crippen molar-refractivity contribution in [2.24, 2.45) is 0 Å². The lowest BCUT2D eigenvalue weighted by Crippen LogP contribution is -2.30. The van der Waals surface area contributed by atoms with Crippen molar-refractivity contribution < 1.29 is 9.59 Å². The second-order valence-corrected chi connectivity index (χ2v) is 6.06. The summed E-state index contributed by atoms with van der Waals surface area (Å²) < 4.78 is 0. The van der Waals surface area contributed by atoms with Gasteiger partial charge in [0.1, 0.15) is 0 Å². The topological polar surface area (TPSA) is 87.2 Å². The van der Waals surface area contributed by atoms with E-state index in [0.29, 0.717) is 23.7 Å². The molecule has 28 heavy (non-hydrogen) atoms. The minimum Gasteiger partial charge on any atom is -0.326 e. The largest absolute Gasteiger partial charge is 0.326 e. The van der Waals surface area contributed by atoms with E-state index < -0.39 is 0 Å². The van der Waals surface area contributed by atoms with Gasteiger partial charge in [-0.25, -0.2) is 9.97 Å². The summed E-state index contributed by atoms with van der Waals surface area (Å²) in [6.07, 6.45) is 3.02. The molecule has 2 N–H and O–H groups in total. The Morgan fingerprint density at radius 2 is 1.54 bits per heavy atom. The van der Waals surface area contributed by atoms with Crippen molar-refractivity contribution >= 4 is 34.8 Å². The van der Waals surface area contributed by atoms with Crippen LogP contribution in [-0.4, -0.2) is 28.3 Å². The summed E-state index contributed by atoms with van der Waals surface area (Å²) in [5.74, 6) is 0.104. The van der Waals surface area contributed by atoms with Crippen LogP contribution in [0.25, 0.3) is 0 Å². The van der Waals surface area contributed by atoms with Crippen molar-refractivity contribution in [3.63, 3.8) is 0 Å². The molecule has 2 amide bonds. The van der Waals surface area contributed by atoms with Crippen LogP contribution in [0.5, 0.6) is 0 Å². The highest BCUT2D eigenvalue weighted by Gasteiger charge is 2.16. The van der Waals surface area contributed by atoms with E-state index >= 15 is 0 Å². The van der Waals surface area contributed by atoms with Gasteiger partial charge in [-0.05, 0) is 43.3 Å². The van der Waals surface area contributed by atoms with E-state index in [9.17, 15) is 9.59 Å². The zero-order valence-corrected chi connectivity index (χ0v) is 15.7. The summed E-state index contributed by atoms with van der Waals surface area (Å²) in [7, 11) is 0. The zero-order chi connectivity index (χ0) is 19.9. The molecule has 0 aliphatic rings. The van der Waals surface area contributed by atoms with Gasteiger partial charge >= 0.3 is 0 Å². The highest BCUT2D eigenvalue weighted by molar-refractivity contribution is 6.05. The maximum Gasteiger partial charge on any atom is 0.261 e. The van der Waals surface area contributed by atoms with Gasteiger partial charge in [0.25, 0.3) is 5.91 Å². The number of rotatable bonds is 6. The predicted octanol–water partition coefficient (Wildman–Crippen LogP) is 3.85. The van der Waals surface area contributed by atoms with Crippen LogP contribution in [0.3, 0.4) is 0 Å². The van der Waals surface area contributed by atoms with Gasteiger partial charge in [-0.15, -0.1) is 0 Å². The number of nitrogens with one attached hydrogen (secondary N) is 2.